The van der Waals surface area contributed by atoms with Gasteiger partial charge in [-0.1, -0.05) is 12.1 Å². The fraction of sp³-hybridized carbons (Fsp3) is 0.440. The van der Waals surface area contributed by atoms with Crippen LogP contribution in [0.25, 0.3) is 0 Å². The molecule has 33 heavy (non-hydrogen) atoms. The van der Waals surface area contributed by atoms with E-state index in [1.54, 1.807) is 24.3 Å². The molecular formula is C25H29FN2O4S. The van der Waals surface area contributed by atoms with Crippen molar-refractivity contribution < 1.29 is 22.7 Å². The van der Waals surface area contributed by atoms with Crippen LogP contribution in [0.3, 0.4) is 0 Å². The molecule has 0 aromatic heterocycles. The zero-order valence-electron chi connectivity index (χ0n) is 18.7. The predicted octanol–water partition coefficient (Wildman–Crippen LogP) is 4.47. The van der Waals surface area contributed by atoms with Crippen LogP contribution in [0, 0.1) is 5.82 Å². The quantitative estimate of drug-likeness (QED) is 0.711. The van der Waals surface area contributed by atoms with Crippen LogP contribution in [0.15, 0.2) is 53.9 Å². The SMILES string of the molecule is C[C@H]1C[C@@]2(C=CS(=O)(=O)N2c2cccc(F)c2)CCN1Cc1ccc(O)c(C2CCCO2)c1. The molecule has 6 nitrogen and oxygen atoms in total. The third kappa shape index (κ3) is 4.16. The van der Waals surface area contributed by atoms with E-state index in [1.165, 1.54) is 21.8 Å². The Morgan fingerprint density at radius 3 is 2.82 bits per heavy atom. The van der Waals surface area contributed by atoms with Gasteiger partial charge >= 0.3 is 0 Å². The van der Waals surface area contributed by atoms with Crippen molar-refractivity contribution in [2.24, 2.45) is 0 Å². The minimum absolute atomic E-state index is 0.0549. The largest absolute Gasteiger partial charge is 0.508 e. The van der Waals surface area contributed by atoms with Crippen LogP contribution in [0.1, 0.15) is 49.8 Å². The molecule has 0 amide bonds. The van der Waals surface area contributed by atoms with Gasteiger partial charge < -0.3 is 9.84 Å². The number of phenols is 1. The number of anilines is 1. The maximum Gasteiger partial charge on any atom is 0.258 e. The lowest BCUT2D eigenvalue weighted by atomic mass is 9.83. The summed E-state index contributed by atoms with van der Waals surface area (Å²) in [7, 11) is -3.66. The second-order valence-corrected chi connectivity index (χ2v) is 11.0. The molecule has 1 unspecified atom stereocenters. The normalized spacial score (nSPS) is 29.2. The number of aromatic hydroxyl groups is 1. The van der Waals surface area contributed by atoms with Gasteiger partial charge in [0.2, 0.25) is 0 Å². The number of hydrogen-bond donors (Lipinski definition) is 1. The summed E-state index contributed by atoms with van der Waals surface area (Å²) >= 11 is 0. The lowest BCUT2D eigenvalue weighted by Crippen LogP contribution is -2.56. The first kappa shape index (κ1) is 22.4. The van der Waals surface area contributed by atoms with Gasteiger partial charge in [-0.15, -0.1) is 0 Å². The predicted molar refractivity (Wildman–Crippen MR) is 125 cm³/mol. The van der Waals surface area contributed by atoms with E-state index in [9.17, 15) is 17.9 Å². The zero-order valence-corrected chi connectivity index (χ0v) is 19.5. The minimum atomic E-state index is -3.66. The number of rotatable bonds is 4. The van der Waals surface area contributed by atoms with Gasteiger partial charge in [-0.3, -0.25) is 9.21 Å². The number of nitrogens with zero attached hydrogens (tertiary/aromatic N) is 2. The van der Waals surface area contributed by atoms with E-state index in [0.717, 1.165) is 30.6 Å². The molecule has 3 heterocycles. The Hall–Kier alpha value is -2.42. The van der Waals surface area contributed by atoms with Gasteiger partial charge in [0.25, 0.3) is 10.0 Å². The van der Waals surface area contributed by atoms with Crippen molar-refractivity contribution in [2.45, 2.75) is 56.8 Å². The van der Waals surface area contributed by atoms with Gasteiger partial charge in [-0.05, 0) is 74.6 Å². The van der Waals surface area contributed by atoms with Crippen LogP contribution in [-0.2, 0) is 21.3 Å². The van der Waals surface area contributed by atoms with E-state index in [-0.39, 0.29) is 17.9 Å². The Labute approximate surface area is 194 Å². The van der Waals surface area contributed by atoms with Crippen molar-refractivity contribution in [3.63, 3.8) is 0 Å². The lowest BCUT2D eigenvalue weighted by Gasteiger charge is -2.47. The van der Waals surface area contributed by atoms with Crippen LogP contribution in [-0.4, -0.2) is 43.2 Å². The number of phenolic OH excluding ortho intramolecular Hbond substituents is 1. The van der Waals surface area contributed by atoms with Gasteiger partial charge in [0, 0.05) is 36.7 Å². The van der Waals surface area contributed by atoms with E-state index >= 15 is 0 Å². The third-order valence-electron chi connectivity index (χ3n) is 7.11. The highest BCUT2D eigenvalue weighted by Crippen LogP contribution is 2.44. The van der Waals surface area contributed by atoms with E-state index < -0.39 is 21.4 Å². The van der Waals surface area contributed by atoms with Crippen molar-refractivity contribution in [1.82, 2.24) is 4.90 Å². The monoisotopic (exact) mass is 472 g/mol. The maximum atomic E-state index is 13.9. The van der Waals surface area contributed by atoms with E-state index in [2.05, 4.69) is 11.8 Å². The molecule has 1 spiro atoms. The second kappa shape index (κ2) is 8.42. The summed E-state index contributed by atoms with van der Waals surface area (Å²) in [6.07, 6.45) is 4.85. The molecule has 0 aliphatic carbocycles. The number of sulfonamides is 1. The molecule has 0 radical (unpaired) electrons. The molecule has 0 bridgehead atoms. The number of hydrogen-bond acceptors (Lipinski definition) is 5. The molecule has 0 saturated carbocycles. The molecule has 5 rings (SSSR count). The molecule has 176 valence electrons. The first-order chi connectivity index (χ1) is 15.8. The first-order valence-electron chi connectivity index (χ1n) is 11.5. The van der Waals surface area contributed by atoms with Gasteiger partial charge in [0.15, 0.2) is 0 Å². The Morgan fingerprint density at radius 2 is 2.09 bits per heavy atom. The average molecular weight is 473 g/mol. The van der Waals surface area contributed by atoms with Crippen LogP contribution in [0.2, 0.25) is 0 Å². The molecule has 8 heteroatoms. The topological polar surface area (TPSA) is 70.1 Å². The molecular weight excluding hydrogens is 443 g/mol. The second-order valence-electron chi connectivity index (χ2n) is 9.36. The zero-order chi connectivity index (χ0) is 23.2. The summed E-state index contributed by atoms with van der Waals surface area (Å²) in [5, 5.41) is 11.6. The van der Waals surface area contributed by atoms with Crippen molar-refractivity contribution in [3.8, 4) is 5.75 Å². The number of piperidine rings is 1. The molecule has 2 fully saturated rings. The van der Waals surface area contributed by atoms with Crippen molar-refractivity contribution >= 4 is 15.7 Å². The Kier molecular flexibility index (Phi) is 5.71. The first-order valence-corrected chi connectivity index (χ1v) is 13.0. The highest BCUT2D eigenvalue weighted by atomic mass is 32.2. The third-order valence-corrected chi connectivity index (χ3v) is 8.67. The molecule has 2 aromatic carbocycles. The number of halogens is 1. The van der Waals surface area contributed by atoms with Gasteiger partial charge in [-0.25, -0.2) is 12.8 Å². The number of ether oxygens (including phenoxy) is 1. The molecule has 3 aliphatic rings. The highest BCUT2D eigenvalue weighted by molar-refractivity contribution is 7.96. The summed E-state index contributed by atoms with van der Waals surface area (Å²) in [5.41, 5.74) is 1.60. The smallest absolute Gasteiger partial charge is 0.258 e. The summed E-state index contributed by atoms with van der Waals surface area (Å²) in [4.78, 5) is 2.33. The minimum Gasteiger partial charge on any atom is -0.508 e. The van der Waals surface area contributed by atoms with Crippen LogP contribution < -0.4 is 4.31 Å². The average Bonchev–Trinajstić information content (AvgIpc) is 3.38. The number of likely N-dealkylation sites (tertiary alicyclic amines) is 1. The summed E-state index contributed by atoms with van der Waals surface area (Å²) in [5.74, 6) is -0.187. The van der Waals surface area contributed by atoms with Gasteiger partial charge in [0.1, 0.15) is 11.6 Å². The Balaban J connectivity index is 1.36. The molecule has 2 saturated heterocycles. The molecule has 2 aromatic rings. The van der Waals surface area contributed by atoms with Crippen molar-refractivity contribution in [2.75, 3.05) is 17.5 Å². The van der Waals surface area contributed by atoms with Crippen LogP contribution in [0.4, 0.5) is 10.1 Å². The standard InChI is InChI=1S/C25H29FN2O4S/c1-18-16-25(10-13-33(30,31)28(25)21-5-2-4-20(26)15-21)9-11-27(18)17-19-7-8-23(29)22(14-19)24-6-3-12-32-24/h2,4-5,7-8,10,13-15,18,24,29H,3,6,9,11-12,16-17H2,1H3/t18-,24?,25-/m0/s1. The van der Waals surface area contributed by atoms with Crippen molar-refractivity contribution in [3.05, 3.63) is 70.9 Å². The van der Waals surface area contributed by atoms with E-state index in [0.29, 0.717) is 31.6 Å². The fourth-order valence-corrected chi connectivity index (χ4v) is 7.18. The highest BCUT2D eigenvalue weighted by Gasteiger charge is 2.49. The van der Waals surface area contributed by atoms with Gasteiger partial charge in [0.05, 0.1) is 17.3 Å². The fourth-order valence-electron chi connectivity index (χ4n) is 5.49. The maximum absolute atomic E-state index is 13.9. The van der Waals surface area contributed by atoms with Crippen molar-refractivity contribution in [1.29, 1.82) is 0 Å². The summed E-state index contributed by atoms with van der Waals surface area (Å²) in [6, 6.07) is 11.6. The molecule has 1 N–H and O–H groups in total. The Bertz CT molecular complexity index is 1180. The molecule has 3 atom stereocenters. The Morgan fingerprint density at radius 1 is 1.24 bits per heavy atom. The van der Waals surface area contributed by atoms with E-state index in [1.807, 2.05) is 12.1 Å². The van der Waals surface area contributed by atoms with Crippen LogP contribution in [0.5, 0.6) is 5.75 Å². The summed E-state index contributed by atoms with van der Waals surface area (Å²) in [6.45, 7) is 4.22. The van der Waals surface area contributed by atoms with E-state index in [4.69, 9.17) is 4.74 Å². The number of benzene rings is 2. The van der Waals surface area contributed by atoms with Crippen LogP contribution >= 0.6 is 0 Å². The lowest BCUT2D eigenvalue weighted by molar-refractivity contribution is 0.108. The summed E-state index contributed by atoms with van der Waals surface area (Å²) < 4.78 is 46.8. The van der Waals surface area contributed by atoms with Gasteiger partial charge in [-0.2, -0.15) is 0 Å². The molecule has 3 aliphatic heterocycles.